The molecule has 17 nitrogen and oxygen atoms in total. The molecule has 0 aliphatic carbocycles. The zero-order chi connectivity index (χ0) is 46.6. The molecule has 0 fully saturated rings. The molecule has 0 aliphatic rings. The topological polar surface area (TPSA) is 244 Å². The Kier molecular flexibility index (Phi) is 24.9. The molecule has 0 saturated heterocycles. The number of hydrogen-bond donors (Lipinski definition) is 7. The molecule has 2 atom stereocenters. The maximum absolute atomic E-state index is 12.1. The summed E-state index contributed by atoms with van der Waals surface area (Å²) in [4.78, 5) is 72.7. The number of carboxylic acid groups (broad SMARTS) is 1. The lowest BCUT2D eigenvalue weighted by atomic mass is 10.1. The van der Waals surface area contributed by atoms with E-state index in [4.69, 9.17) is 24.3 Å². The molecule has 0 bridgehead atoms. The van der Waals surface area contributed by atoms with Gasteiger partial charge in [0.1, 0.15) is 0 Å². The Morgan fingerprint density at radius 3 is 1.59 bits per heavy atom. The number of aliphatic carboxylic acids is 1. The molecule has 1 aromatic heterocycles. The van der Waals surface area contributed by atoms with E-state index in [-0.39, 0.29) is 29.9 Å². The molecule has 1 heterocycles. The number of carbonyl (C=O) groups is 5. The molecule has 0 radical (unpaired) electrons. The molecule has 17 heteroatoms. The van der Waals surface area contributed by atoms with Crippen LogP contribution in [0.15, 0.2) is 85.2 Å². The van der Waals surface area contributed by atoms with Crippen LogP contribution in [0.3, 0.4) is 0 Å². The standard InChI is InChI=1S/C24H31N3O4.C22H32N2O8/c1-18(2)9-6-4-5-7-11-23(28)26-16-19-12-13-21(22(15-19)30-3)31-27-24(29)20-10-8-14-25-17-20;1-14(2)8-6-4-5-7-9-18(25)23-13-15-10-11-16(17(12-15)31-3)32-24-21(28)19(26)20(27)22(29)30/h6,8-10,12-15,17-18H,4-5,7,11,16H2,1-3H3,(H,26,28)(H,27,29);6,8,10-12,14,19-20,26-27H,4-5,7,9,13H2,1-3H3,(H,23,25)(H,24,28)(H,29,30)/b9-6+;8-6+. The molecule has 0 aliphatic heterocycles. The van der Waals surface area contributed by atoms with Gasteiger partial charge in [0.05, 0.1) is 19.8 Å². The van der Waals surface area contributed by atoms with Crippen LogP contribution in [-0.4, -0.2) is 76.3 Å². The fourth-order valence-corrected chi connectivity index (χ4v) is 5.32. The summed E-state index contributed by atoms with van der Waals surface area (Å²) in [5, 5.41) is 33.0. The van der Waals surface area contributed by atoms with Crippen LogP contribution in [0.4, 0.5) is 0 Å². The summed E-state index contributed by atoms with van der Waals surface area (Å²) < 4.78 is 10.5. The normalized spacial score (nSPS) is 11.9. The zero-order valence-electron chi connectivity index (χ0n) is 36.9. The van der Waals surface area contributed by atoms with Crippen LogP contribution in [0.2, 0.25) is 0 Å². The summed E-state index contributed by atoms with van der Waals surface area (Å²) in [6.45, 7) is 9.20. The van der Waals surface area contributed by atoms with Crippen molar-refractivity contribution in [3.8, 4) is 23.0 Å². The number of unbranched alkanes of at least 4 members (excludes halogenated alkanes) is 4. The Bertz CT molecular complexity index is 1940. The Morgan fingerprint density at radius 2 is 1.16 bits per heavy atom. The van der Waals surface area contributed by atoms with E-state index < -0.39 is 30.0 Å². The van der Waals surface area contributed by atoms with E-state index in [1.807, 2.05) is 11.5 Å². The van der Waals surface area contributed by atoms with Crippen LogP contribution in [0.25, 0.3) is 0 Å². The molecule has 0 saturated carbocycles. The van der Waals surface area contributed by atoms with E-state index in [1.165, 1.54) is 26.5 Å². The van der Waals surface area contributed by atoms with Crippen molar-refractivity contribution in [1.82, 2.24) is 26.6 Å². The van der Waals surface area contributed by atoms with Gasteiger partial charge in [-0.3, -0.25) is 24.2 Å². The molecule has 4 amide bonds. The first-order chi connectivity index (χ1) is 30.1. The van der Waals surface area contributed by atoms with Crippen LogP contribution in [-0.2, 0) is 32.3 Å². The van der Waals surface area contributed by atoms with Crippen LogP contribution in [0.1, 0.15) is 101 Å². The number of pyridine rings is 1. The van der Waals surface area contributed by atoms with Crippen molar-refractivity contribution in [3.63, 3.8) is 0 Å². The van der Waals surface area contributed by atoms with E-state index in [0.717, 1.165) is 49.7 Å². The number of carbonyl (C=O) groups excluding carboxylic acids is 4. The number of hydrogen-bond acceptors (Lipinski definition) is 12. The molecule has 63 heavy (non-hydrogen) atoms. The van der Waals surface area contributed by atoms with Gasteiger partial charge in [0.2, 0.25) is 11.8 Å². The monoisotopic (exact) mass is 877 g/mol. The average molecular weight is 878 g/mol. The highest BCUT2D eigenvalue weighted by Gasteiger charge is 2.30. The number of rotatable bonds is 26. The largest absolute Gasteiger partial charge is 0.493 e. The minimum atomic E-state index is -2.29. The third-order valence-electron chi connectivity index (χ3n) is 8.79. The highest BCUT2D eigenvalue weighted by molar-refractivity contribution is 5.93. The van der Waals surface area contributed by atoms with Gasteiger partial charge in [0, 0.05) is 38.3 Å². The number of nitrogens with one attached hydrogen (secondary N) is 4. The summed E-state index contributed by atoms with van der Waals surface area (Å²) in [6.07, 6.45) is 13.7. The molecule has 344 valence electrons. The third-order valence-corrected chi connectivity index (χ3v) is 8.79. The SMILES string of the molecule is COc1cc(CNC(=O)CCCC/C=C/C(C)C)ccc1ONC(=O)C(O)C(O)C(=O)O.COc1cc(CNC(=O)CCCC/C=C/C(C)C)ccc1ONC(=O)c1cccnc1. The quantitative estimate of drug-likeness (QED) is 0.0300. The van der Waals surface area contributed by atoms with Gasteiger partial charge in [-0.25, -0.2) is 4.79 Å². The number of hydroxylamine groups is 2. The van der Waals surface area contributed by atoms with Crippen LogP contribution < -0.4 is 40.7 Å². The van der Waals surface area contributed by atoms with Gasteiger partial charge >= 0.3 is 5.97 Å². The smallest absolute Gasteiger partial charge is 0.335 e. The highest BCUT2D eigenvalue weighted by Crippen LogP contribution is 2.28. The van der Waals surface area contributed by atoms with E-state index >= 15 is 0 Å². The summed E-state index contributed by atoms with van der Waals surface area (Å²) in [6, 6.07) is 13.3. The summed E-state index contributed by atoms with van der Waals surface area (Å²) in [7, 11) is 2.89. The van der Waals surface area contributed by atoms with Crippen molar-refractivity contribution in [2.75, 3.05) is 14.2 Å². The maximum Gasteiger partial charge on any atom is 0.335 e. The number of aliphatic hydroxyl groups excluding tert-OH is 2. The number of aliphatic hydroxyl groups is 2. The predicted molar refractivity (Wildman–Crippen MR) is 235 cm³/mol. The fourth-order valence-electron chi connectivity index (χ4n) is 5.32. The van der Waals surface area contributed by atoms with Crippen molar-refractivity contribution in [2.45, 2.75) is 104 Å². The molecule has 2 aromatic carbocycles. The molecule has 2 unspecified atom stereocenters. The third kappa shape index (κ3) is 21.8. The molecule has 3 rings (SSSR count). The molecule has 7 N–H and O–H groups in total. The van der Waals surface area contributed by atoms with Crippen LogP contribution in [0, 0.1) is 11.8 Å². The number of nitrogens with zero attached hydrogens (tertiary/aromatic N) is 1. The zero-order valence-corrected chi connectivity index (χ0v) is 36.9. The van der Waals surface area contributed by atoms with Gasteiger partial charge < -0.3 is 45.1 Å². The second kappa shape index (κ2) is 29.7. The first-order valence-corrected chi connectivity index (χ1v) is 20.8. The number of amides is 4. The van der Waals surface area contributed by atoms with Crippen LogP contribution >= 0.6 is 0 Å². The Morgan fingerprint density at radius 1 is 0.667 bits per heavy atom. The lowest BCUT2D eigenvalue weighted by molar-refractivity contribution is -0.160. The van der Waals surface area contributed by atoms with Gasteiger partial charge in [-0.2, -0.15) is 11.0 Å². The number of carboxylic acids is 1. The second-order valence-corrected chi connectivity index (χ2v) is 14.9. The molecule has 0 spiro atoms. The fraction of sp³-hybridized carbons (Fsp3) is 0.435. The van der Waals surface area contributed by atoms with Crippen molar-refractivity contribution in [1.29, 1.82) is 0 Å². The summed E-state index contributed by atoms with van der Waals surface area (Å²) >= 11 is 0. The lowest BCUT2D eigenvalue weighted by Gasteiger charge is -2.16. The summed E-state index contributed by atoms with van der Waals surface area (Å²) in [5.74, 6) is -1.20. The van der Waals surface area contributed by atoms with Crippen molar-refractivity contribution >= 4 is 29.6 Å². The van der Waals surface area contributed by atoms with Crippen LogP contribution in [0.5, 0.6) is 23.0 Å². The first-order valence-electron chi connectivity index (χ1n) is 20.8. The number of methoxy groups -OCH3 is 2. The number of allylic oxidation sites excluding steroid dienone is 4. The van der Waals surface area contributed by atoms with Crippen molar-refractivity contribution < 1.29 is 58.4 Å². The minimum absolute atomic E-state index is 0.0240. The second-order valence-electron chi connectivity index (χ2n) is 14.9. The number of ether oxygens (including phenoxy) is 2. The summed E-state index contributed by atoms with van der Waals surface area (Å²) in [5.41, 5.74) is 6.21. The molecular formula is C46H63N5O12. The van der Waals surface area contributed by atoms with E-state index in [1.54, 1.807) is 42.6 Å². The lowest BCUT2D eigenvalue weighted by Crippen LogP contribution is -2.46. The van der Waals surface area contributed by atoms with Gasteiger partial charge in [-0.1, -0.05) is 64.1 Å². The van der Waals surface area contributed by atoms with Crippen molar-refractivity contribution in [3.05, 3.63) is 102 Å². The number of aromatic nitrogens is 1. The van der Waals surface area contributed by atoms with Gasteiger partial charge in [0.15, 0.2) is 35.2 Å². The van der Waals surface area contributed by atoms with E-state index in [2.05, 4.69) is 73.1 Å². The number of benzene rings is 2. The Hall–Kier alpha value is -6.46. The maximum atomic E-state index is 12.1. The minimum Gasteiger partial charge on any atom is -0.493 e. The van der Waals surface area contributed by atoms with Gasteiger partial charge in [-0.05, 0) is 97.9 Å². The average Bonchev–Trinajstić information content (AvgIpc) is 3.28. The molecule has 3 aromatic rings. The Balaban J connectivity index is 0.000000434. The predicted octanol–water partition coefficient (Wildman–Crippen LogP) is 5.50. The van der Waals surface area contributed by atoms with Gasteiger partial charge in [0.25, 0.3) is 11.8 Å². The highest BCUT2D eigenvalue weighted by atomic mass is 16.7. The Labute approximate surface area is 369 Å². The van der Waals surface area contributed by atoms with E-state index in [0.29, 0.717) is 48.3 Å². The van der Waals surface area contributed by atoms with Gasteiger partial charge in [-0.15, -0.1) is 0 Å². The van der Waals surface area contributed by atoms with E-state index in [9.17, 15) is 34.2 Å². The first kappa shape index (κ1) is 52.7. The van der Waals surface area contributed by atoms with Crippen molar-refractivity contribution in [2.24, 2.45) is 11.8 Å². The molecular weight excluding hydrogens is 815 g/mol.